The molecule has 4 rings (SSSR count). The number of fused-ring (bicyclic) bond motifs is 1. The van der Waals surface area contributed by atoms with E-state index in [9.17, 15) is 0 Å². The van der Waals surface area contributed by atoms with Gasteiger partial charge in [0, 0.05) is 31.5 Å². The monoisotopic (exact) mass is 388 g/mol. The van der Waals surface area contributed by atoms with E-state index in [2.05, 4.69) is 67.2 Å². The van der Waals surface area contributed by atoms with Crippen LogP contribution in [0.3, 0.4) is 0 Å². The molecular weight excluding hydrogens is 352 g/mol. The Bertz CT molecular complexity index is 844. The summed E-state index contributed by atoms with van der Waals surface area (Å²) in [7, 11) is 2.19. The van der Waals surface area contributed by atoms with Gasteiger partial charge in [0.05, 0.1) is 0 Å². The van der Waals surface area contributed by atoms with Crippen molar-refractivity contribution in [1.82, 2.24) is 4.90 Å². The molecule has 0 unspecified atom stereocenters. The molecule has 2 aliphatic carbocycles. The number of nitrogens with zero attached hydrogens (tertiary/aromatic N) is 1. The molecule has 0 atom stereocenters. The Balaban J connectivity index is 1.33. The zero-order chi connectivity index (χ0) is 20.2. The van der Waals surface area contributed by atoms with Gasteiger partial charge in [0.15, 0.2) is 0 Å². The summed E-state index contributed by atoms with van der Waals surface area (Å²) < 4.78 is 0. The smallest absolute Gasteiger partial charge is 0.0403 e. The van der Waals surface area contributed by atoms with Crippen LogP contribution in [0.25, 0.3) is 5.70 Å². The fourth-order valence-corrected chi connectivity index (χ4v) is 5.05. The highest BCUT2D eigenvalue weighted by Gasteiger charge is 2.17. The lowest BCUT2D eigenvalue weighted by Crippen LogP contribution is -2.25. The number of benzene rings is 2. The van der Waals surface area contributed by atoms with Gasteiger partial charge in [-0.15, -0.1) is 0 Å². The summed E-state index contributed by atoms with van der Waals surface area (Å²) in [5, 5.41) is 3.61. The standard InChI is InChI=1S/C27H36N2/c1-20-16-24-10-7-11-25(24)17-26(20)18-28-27-14-12-23(13-15-27)21(2)29(3)19-22-8-5-4-6-9-22/h12-17,22,28H,2,4-11,18-19H2,1,3H3. The predicted octanol–water partition coefficient (Wildman–Crippen LogP) is 6.58. The molecule has 0 spiro atoms. The van der Waals surface area contributed by atoms with Crippen LogP contribution in [0.4, 0.5) is 5.69 Å². The van der Waals surface area contributed by atoms with E-state index in [0.717, 1.165) is 24.7 Å². The Labute approximate surface area is 177 Å². The van der Waals surface area contributed by atoms with Crippen LogP contribution in [0.1, 0.15) is 66.3 Å². The summed E-state index contributed by atoms with van der Waals surface area (Å²) >= 11 is 0. The number of hydrogen-bond acceptors (Lipinski definition) is 2. The third-order valence-corrected chi connectivity index (χ3v) is 6.97. The van der Waals surface area contributed by atoms with Crippen LogP contribution in [0.5, 0.6) is 0 Å². The molecule has 2 heteroatoms. The second-order valence-electron chi connectivity index (χ2n) is 9.16. The Hall–Kier alpha value is -2.22. The minimum Gasteiger partial charge on any atom is -0.381 e. The molecule has 0 amide bonds. The van der Waals surface area contributed by atoms with Crippen molar-refractivity contribution in [3.63, 3.8) is 0 Å². The van der Waals surface area contributed by atoms with Crippen LogP contribution in [0.2, 0.25) is 0 Å². The molecular formula is C27H36N2. The highest BCUT2D eigenvalue weighted by Crippen LogP contribution is 2.28. The SMILES string of the molecule is C=C(c1ccc(NCc2cc3c(cc2C)CCC3)cc1)N(C)CC1CCCCC1. The molecule has 0 radical (unpaired) electrons. The van der Waals surface area contributed by atoms with E-state index < -0.39 is 0 Å². The van der Waals surface area contributed by atoms with Gasteiger partial charge in [-0.25, -0.2) is 0 Å². The van der Waals surface area contributed by atoms with Crippen molar-refractivity contribution in [2.45, 2.75) is 64.8 Å². The zero-order valence-corrected chi connectivity index (χ0v) is 18.3. The zero-order valence-electron chi connectivity index (χ0n) is 18.3. The molecule has 0 aliphatic heterocycles. The molecule has 0 bridgehead atoms. The first kappa shape index (κ1) is 20.1. The lowest BCUT2D eigenvalue weighted by molar-refractivity contribution is 0.289. The second kappa shape index (κ2) is 9.07. The van der Waals surface area contributed by atoms with E-state index in [1.807, 2.05) is 0 Å². The third-order valence-electron chi connectivity index (χ3n) is 6.97. The van der Waals surface area contributed by atoms with E-state index in [1.54, 1.807) is 11.1 Å². The number of anilines is 1. The van der Waals surface area contributed by atoms with Gasteiger partial charge in [-0.1, -0.05) is 50.1 Å². The molecule has 154 valence electrons. The second-order valence-corrected chi connectivity index (χ2v) is 9.16. The quantitative estimate of drug-likeness (QED) is 0.576. The average Bonchev–Trinajstić information content (AvgIpc) is 3.19. The largest absolute Gasteiger partial charge is 0.381 e. The van der Waals surface area contributed by atoms with Crippen molar-refractivity contribution in [2.75, 3.05) is 18.9 Å². The highest BCUT2D eigenvalue weighted by atomic mass is 15.1. The van der Waals surface area contributed by atoms with Gasteiger partial charge in [-0.3, -0.25) is 0 Å². The molecule has 2 nitrogen and oxygen atoms in total. The maximum atomic E-state index is 4.36. The van der Waals surface area contributed by atoms with Gasteiger partial charge >= 0.3 is 0 Å². The van der Waals surface area contributed by atoms with Crippen LogP contribution in [-0.2, 0) is 19.4 Å². The normalized spacial score (nSPS) is 16.5. The Morgan fingerprint density at radius 1 is 1.00 bits per heavy atom. The van der Waals surface area contributed by atoms with Gasteiger partial charge < -0.3 is 10.2 Å². The topological polar surface area (TPSA) is 15.3 Å². The summed E-state index contributed by atoms with van der Waals surface area (Å²) in [6.45, 7) is 8.63. The Kier molecular flexibility index (Phi) is 6.28. The van der Waals surface area contributed by atoms with Gasteiger partial charge in [-0.2, -0.15) is 0 Å². The number of nitrogens with one attached hydrogen (secondary N) is 1. The Morgan fingerprint density at radius 2 is 1.69 bits per heavy atom. The number of rotatable bonds is 7. The van der Waals surface area contributed by atoms with Crippen molar-refractivity contribution < 1.29 is 0 Å². The molecule has 29 heavy (non-hydrogen) atoms. The molecule has 1 N–H and O–H groups in total. The predicted molar refractivity (Wildman–Crippen MR) is 125 cm³/mol. The van der Waals surface area contributed by atoms with Crippen molar-refractivity contribution >= 4 is 11.4 Å². The van der Waals surface area contributed by atoms with Crippen LogP contribution in [0.15, 0.2) is 43.0 Å². The highest BCUT2D eigenvalue weighted by molar-refractivity contribution is 5.64. The molecule has 1 fully saturated rings. The first-order valence-electron chi connectivity index (χ1n) is 11.5. The minimum atomic E-state index is 0.835. The summed E-state index contributed by atoms with van der Waals surface area (Å²) in [4.78, 5) is 2.35. The van der Waals surface area contributed by atoms with Crippen molar-refractivity contribution in [2.24, 2.45) is 5.92 Å². The summed E-state index contributed by atoms with van der Waals surface area (Å²) in [6, 6.07) is 13.6. The molecule has 1 saturated carbocycles. The molecule has 0 saturated heterocycles. The lowest BCUT2D eigenvalue weighted by atomic mass is 9.89. The fraction of sp³-hybridized carbons (Fsp3) is 0.481. The maximum Gasteiger partial charge on any atom is 0.0403 e. The van der Waals surface area contributed by atoms with Crippen molar-refractivity contribution in [3.05, 3.63) is 70.8 Å². The summed E-state index contributed by atoms with van der Waals surface area (Å²) in [5.41, 5.74) is 9.49. The van der Waals surface area contributed by atoms with Crippen molar-refractivity contribution in [3.8, 4) is 0 Å². The van der Waals surface area contributed by atoms with Gasteiger partial charge in [0.1, 0.15) is 0 Å². The van der Waals surface area contributed by atoms with Crippen LogP contribution >= 0.6 is 0 Å². The maximum absolute atomic E-state index is 4.36. The molecule has 2 aliphatic rings. The van der Waals surface area contributed by atoms with Gasteiger partial charge in [0.2, 0.25) is 0 Å². The Morgan fingerprint density at radius 3 is 2.41 bits per heavy atom. The van der Waals surface area contributed by atoms with E-state index in [4.69, 9.17) is 0 Å². The van der Waals surface area contributed by atoms with E-state index in [-0.39, 0.29) is 0 Å². The first-order valence-corrected chi connectivity index (χ1v) is 11.5. The van der Waals surface area contributed by atoms with Gasteiger partial charge in [0.25, 0.3) is 0 Å². The van der Waals surface area contributed by atoms with Gasteiger partial charge in [-0.05, 0) is 84.9 Å². The van der Waals surface area contributed by atoms with E-state index in [1.165, 1.54) is 73.7 Å². The summed E-state index contributed by atoms with van der Waals surface area (Å²) in [5.74, 6) is 0.835. The molecule has 2 aromatic carbocycles. The van der Waals surface area contributed by atoms with Crippen LogP contribution < -0.4 is 5.32 Å². The lowest BCUT2D eigenvalue weighted by Gasteiger charge is -2.29. The minimum absolute atomic E-state index is 0.835. The van der Waals surface area contributed by atoms with Crippen LogP contribution in [0, 0.1) is 12.8 Å². The third kappa shape index (κ3) is 4.86. The first-order chi connectivity index (χ1) is 14.1. The molecule has 2 aromatic rings. The number of aryl methyl sites for hydroxylation is 3. The van der Waals surface area contributed by atoms with Crippen molar-refractivity contribution in [1.29, 1.82) is 0 Å². The number of hydrogen-bond donors (Lipinski definition) is 1. The van der Waals surface area contributed by atoms with Crippen LogP contribution in [-0.4, -0.2) is 18.5 Å². The molecule has 0 heterocycles. The molecule has 0 aromatic heterocycles. The van der Waals surface area contributed by atoms with E-state index >= 15 is 0 Å². The van der Waals surface area contributed by atoms with E-state index in [0.29, 0.717) is 0 Å². The average molecular weight is 389 g/mol. The fourth-order valence-electron chi connectivity index (χ4n) is 5.05. The summed E-state index contributed by atoms with van der Waals surface area (Å²) in [6.07, 6.45) is 10.8.